The van der Waals surface area contributed by atoms with E-state index in [4.69, 9.17) is 12.6 Å². The standard InChI is InChI=1S/C32H56OS.BrH/c1-3-5-7-9-11-13-15-17-19-24-28-32(34,31(33)30-26-22-21-23-27-30)29-25-20-18-16-14-12-10-8-6-4-2;/h21-23,26-27,34H,3-20,24-25,28-29H2,1-2H3;1H. The third kappa shape index (κ3) is 17.7. The summed E-state index contributed by atoms with van der Waals surface area (Å²) >= 11 is 5.06. The SMILES string of the molecule is Br.CCCCCCCCCCCCC(S)(CCCCCCCCCCCC)C(=O)c1ccccc1. The summed E-state index contributed by atoms with van der Waals surface area (Å²) in [6.45, 7) is 4.56. The van der Waals surface area contributed by atoms with Crippen LogP contribution in [0.15, 0.2) is 30.3 Å². The van der Waals surface area contributed by atoms with Crippen LogP contribution in [0.25, 0.3) is 0 Å². The maximum atomic E-state index is 13.4. The first kappa shape index (κ1) is 34.7. The summed E-state index contributed by atoms with van der Waals surface area (Å²) in [7, 11) is 0. The minimum Gasteiger partial charge on any atom is -0.293 e. The Labute approximate surface area is 235 Å². The highest BCUT2D eigenvalue weighted by Crippen LogP contribution is 2.33. The Morgan fingerprint density at radius 1 is 0.571 bits per heavy atom. The van der Waals surface area contributed by atoms with Crippen LogP contribution in [0.3, 0.4) is 0 Å². The Morgan fingerprint density at radius 2 is 0.886 bits per heavy atom. The van der Waals surface area contributed by atoms with Gasteiger partial charge in [0.15, 0.2) is 5.78 Å². The van der Waals surface area contributed by atoms with Gasteiger partial charge in [-0.15, -0.1) is 17.0 Å². The van der Waals surface area contributed by atoms with Gasteiger partial charge in [-0.2, -0.15) is 12.6 Å². The second-order valence-corrected chi connectivity index (χ2v) is 11.4. The summed E-state index contributed by atoms with van der Waals surface area (Å²) in [5.74, 6) is 0.239. The maximum absolute atomic E-state index is 13.4. The second-order valence-electron chi connectivity index (χ2n) is 10.6. The molecule has 0 radical (unpaired) electrons. The minimum atomic E-state index is -0.498. The molecule has 0 bridgehead atoms. The fourth-order valence-electron chi connectivity index (χ4n) is 5.02. The molecule has 0 heterocycles. The highest BCUT2D eigenvalue weighted by Gasteiger charge is 2.33. The molecule has 0 aliphatic carbocycles. The molecule has 0 unspecified atom stereocenters. The van der Waals surface area contributed by atoms with Crippen LogP contribution in [0.4, 0.5) is 0 Å². The smallest absolute Gasteiger partial charge is 0.178 e. The number of hydrogen-bond donors (Lipinski definition) is 1. The molecule has 1 rings (SSSR count). The van der Waals surface area contributed by atoms with Gasteiger partial charge in [-0.25, -0.2) is 0 Å². The number of thiol groups is 1. The average Bonchev–Trinajstić information content (AvgIpc) is 2.86. The van der Waals surface area contributed by atoms with Gasteiger partial charge in [0.2, 0.25) is 0 Å². The van der Waals surface area contributed by atoms with E-state index in [-0.39, 0.29) is 22.8 Å². The number of halogens is 1. The van der Waals surface area contributed by atoms with Gasteiger partial charge in [0.05, 0.1) is 4.75 Å². The number of benzene rings is 1. The van der Waals surface area contributed by atoms with Crippen molar-refractivity contribution in [1.82, 2.24) is 0 Å². The van der Waals surface area contributed by atoms with Crippen molar-refractivity contribution in [1.29, 1.82) is 0 Å². The van der Waals surface area contributed by atoms with Crippen molar-refractivity contribution in [2.24, 2.45) is 0 Å². The van der Waals surface area contributed by atoms with E-state index >= 15 is 0 Å². The topological polar surface area (TPSA) is 17.1 Å². The molecule has 35 heavy (non-hydrogen) atoms. The molecule has 0 saturated heterocycles. The van der Waals surface area contributed by atoms with E-state index in [0.29, 0.717) is 0 Å². The Kier molecular flexibility index (Phi) is 23.9. The van der Waals surface area contributed by atoms with E-state index in [1.165, 1.54) is 116 Å². The molecule has 0 atom stereocenters. The zero-order valence-electron chi connectivity index (χ0n) is 23.2. The summed E-state index contributed by atoms with van der Waals surface area (Å²) in [6.07, 6.45) is 28.4. The van der Waals surface area contributed by atoms with Crippen LogP contribution in [-0.2, 0) is 0 Å². The molecule has 0 amide bonds. The van der Waals surface area contributed by atoms with E-state index in [1.54, 1.807) is 0 Å². The fourth-order valence-corrected chi connectivity index (χ4v) is 5.47. The van der Waals surface area contributed by atoms with Crippen molar-refractivity contribution >= 4 is 35.4 Å². The summed E-state index contributed by atoms with van der Waals surface area (Å²) in [4.78, 5) is 13.4. The van der Waals surface area contributed by atoms with Gasteiger partial charge in [0.1, 0.15) is 0 Å². The van der Waals surface area contributed by atoms with E-state index in [9.17, 15) is 4.79 Å². The first-order valence-corrected chi connectivity index (χ1v) is 15.4. The quantitative estimate of drug-likeness (QED) is 0.0744. The highest BCUT2D eigenvalue weighted by molar-refractivity contribution is 8.93. The molecule has 0 fully saturated rings. The van der Waals surface area contributed by atoms with Crippen LogP contribution < -0.4 is 0 Å². The van der Waals surface area contributed by atoms with Gasteiger partial charge in [-0.1, -0.05) is 173 Å². The zero-order chi connectivity index (χ0) is 24.7. The monoisotopic (exact) mass is 568 g/mol. The van der Waals surface area contributed by atoms with Gasteiger partial charge in [-0.05, 0) is 12.8 Å². The lowest BCUT2D eigenvalue weighted by molar-refractivity contribution is 0.0929. The molecule has 1 nitrogen and oxygen atoms in total. The normalized spacial score (nSPS) is 11.4. The number of Topliss-reactive ketones (excluding diaryl/α,β-unsaturated/α-hetero) is 1. The van der Waals surface area contributed by atoms with Crippen molar-refractivity contribution < 1.29 is 4.79 Å². The third-order valence-electron chi connectivity index (χ3n) is 7.35. The molecule has 0 aliphatic rings. The molecular weight excluding hydrogens is 512 g/mol. The number of carbonyl (C=O) groups is 1. The van der Waals surface area contributed by atoms with Crippen LogP contribution in [0.2, 0.25) is 0 Å². The van der Waals surface area contributed by atoms with Crippen molar-refractivity contribution in [2.45, 2.75) is 160 Å². The molecule has 0 spiro atoms. The first-order valence-electron chi connectivity index (χ1n) is 15.0. The van der Waals surface area contributed by atoms with Crippen LogP contribution in [0.5, 0.6) is 0 Å². The average molecular weight is 570 g/mol. The Hall–Kier alpha value is -0.280. The number of unbranched alkanes of at least 4 members (excludes halogenated alkanes) is 18. The number of rotatable bonds is 24. The molecule has 0 saturated carbocycles. The molecule has 1 aromatic carbocycles. The molecule has 0 aromatic heterocycles. The van der Waals surface area contributed by atoms with E-state index in [0.717, 1.165) is 31.2 Å². The Morgan fingerprint density at radius 3 is 1.23 bits per heavy atom. The Bertz CT molecular complexity index is 564. The van der Waals surface area contributed by atoms with Gasteiger partial charge in [-0.3, -0.25) is 4.79 Å². The molecular formula is C32H57BrOS. The van der Waals surface area contributed by atoms with Crippen LogP contribution in [0, 0.1) is 0 Å². The van der Waals surface area contributed by atoms with Gasteiger partial charge < -0.3 is 0 Å². The van der Waals surface area contributed by atoms with E-state index in [2.05, 4.69) is 13.8 Å². The fraction of sp³-hybridized carbons (Fsp3) is 0.781. The molecule has 204 valence electrons. The summed E-state index contributed by atoms with van der Waals surface area (Å²) in [5, 5.41) is 0. The predicted octanol–water partition coefficient (Wildman–Crippen LogP) is 11.7. The van der Waals surface area contributed by atoms with Crippen LogP contribution in [-0.4, -0.2) is 10.5 Å². The molecule has 0 aliphatic heterocycles. The number of hydrogen-bond acceptors (Lipinski definition) is 2. The van der Waals surface area contributed by atoms with Crippen LogP contribution >= 0.6 is 29.6 Å². The van der Waals surface area contributed by atoms with E-state index < -0.39 is 4.75 Å². The predicted molar refractivity (Wildman–Crippen MR) is 166 cm³/mol. The second kappa shape index (κ2) is 24.1. The lowest BCUT2D eigenvalue weighted by atomic mass is 9.86. The van der Waals surface area contributed by atoms with Crippen LogP contribution in [0.1, 0.15) is 165 Å². The zero-order valence-corrected chi connectivity index (χ0v) is 25.8. The van der Waals surface area contributed by atoms with Crippen molar-refractivity contribution in [3.05, 3.63) is 35.9 Å². The molecule has 0 N–H and O–H groups in total. The molecule has 3 heteroatoms. The number of ketones is 1. The maximum Gasteiger partial charge on any atom is 0.178 e. The largest absolute Gasteiger partial charge is 0.293 e. The van der Waals surface area contributed by atoms with Gasteiger partial charge in [0.25, 0.3) is 0 Å². The lowest BCUT2D eigenvalue weighted by Crippen LogP contribution is -2.33. The lowest BCUT2D eigenvalue weighted by Gasteiger charge is -2.27. The molecule has 1 aromatic rings. The van der Waals surface area contributed by atoms with E-state index in [1.807, 2.05) is 30.3 Å². The third-order valence-corrected chi connectivity index (χ3v) is 8.00. The van der Waals surface area contributed by atoms with Gasteiger partial charge >= 0.3 is 0 Å². The van der Waals surface area contributed by atoms with Crippen molar-refractivity contribution in [3.63, 3.8) is 0 Å². The first-order chi connectivity index (χ1) is 16.6. The summed E-state index contributed by atoms with van der Waals surface area (Å²) < 4.78 is -0.498. The Balaban J connectivity index is 0.0000116. The minimum absolute atomic E-state index is 0. The summed E-state index contributed by atoms with van der Waals surface area (Å²) in [6, 6.07) is 9.86. The highest BCUT2D eigenvalue weighted by atomic mass is 79.9. The van der Waals surface area contributed by atoms with Crippen molar-refractivity contribution in [3.8, 4) is 0 Å². The summed E-state index contributed by atoms with van der Waals surface area (Å²) in [5.41, 5.74) is 0.830. The van der Waals surface area contributed by atoms with Crippen molar-refractivity contribution in [2.75, 3.05) is 0 Å². The van der Waals surface area contributed by atoms with Gasteiger partial charge in [0, 0.05) is 5.56 Å². The number of carbonyl (C=O) groups excluding carboxylic acids is 1.